The van der Waals surface area contributed by atoms with Crippen LogP contribution in [0.1, 0.15) is 5.56 Å². The van der Waals surface area contributed by atoms with Gasteiger partial charge in [-0.2, -0.15) is 0 Å². The summed E-state index contributed by atoms with van der Waals surface area (Å²) in [5, 5.41) is 7.37. The van der Waals surface area contributed by atoms with Gasteiger partial charge in [0.2, 0.25) is 0 Å². The van der Waals surface area contributed by atoms with Crippen LogP contribution < -0.4 is 0 Å². The van der Waals surface area contributed by atoms with Gasteiger partial charge in [0.25, 0.3) is 0 Å². The second kappa shape index (κ2) is 15.3. The number of benzene rings is 10. The number of hydrogen-bond acceptors (Lipinski definition) is 3. The van der Waals surface area contributed by atoms with Crippen molar-refractivity contribution in [1.29, 1.82) is 0 Å². The Labute approximate surface area is 355 Å². The van der Waals surface area contributed by atoms with E-state index in [0.29, 0.717) is 17.5 Å². The third-order valence-corrected chi connectivity index (χ3v) is 11.8. The van der Waals surface area contributed by atoms with Crippen LogP contribution in [0.2, 0.25) is 0 Å². The van der Waals surface area contributed by atoms with Crippen molar-refractivity contribution in [2.45, 2.75) is 6.92 Å². The molecule has 11 aromatic rings. The van der Waals surface area contributed by atoms with E-state index in [-0.39, 0.29) is 0 Å². The van der Waals surface area contributed by atoms with Crippen LogP contribution in [-0.4, -0.2) is 15.0 Å². The average molecular weight is 778 g/mol. The van der Waals surface area contributed by atoms with Gasteiger partial charge in [-0.25, -0.2) is 15.0 Å². The van der Waals surface area contributed by atoms with Crippen molar-refractivity contribution in [3.05, 3.63) is 224 Å². The number of fused-ring (bicyclic) bond motifs is 5. The van der Waals surface area contributed by atoms with Gasteiger partial charge in [0.1, 0.15) is 0 Å². The molecule has 0 radical (unpaired) electrons. The van der Waals surface area contributed by atoms with Crippen molar-refractivity contribution in [3.8, 4) is 78.7 Å². The van der Waals surface area contributed by atoms with Crippen LogP contribution in [0.5, 0.6) is 0 Å². The predicted molar refractivity (Wildman–Crippen MR) is 255 cm³/mol. The quantitative estimate of drug-likeness (QED) is 0.151. The summed E-state index contributed by atoms with van der Waals surface area (Å²) in [5.74, 6) is 1.86. The zero-order valence-electron chi connectivity index (χ0n) is 33.6. The van der Waals surface area contributed by atoms with E-state index in [2.05, 4.69) is 213 Å². The van der Waals surface area contributed by atoms with Gasteiger partial charge >= 0.3 is 0 Å². The summed E-state index contributed by atoms with van der Waals surface area (Å²) < 4.78 is 0. The third-order valence-electron chi connectivity index (χ3n) is 11.8. The fourth-order valence-corrected chi connectivity index (χ4v) is 8.57. The van der Waals surface area contributed by atoms with Crippen LogP contribution in [0.4, 0.5) is 0 Å². The van der Waals surface area contributed by atoms with Crippen molar-refractivity contribution in [1.82, 2.24) is 15.0 Å². The highest BCUT2D eigenvalue weighted by Gasteiger charge is 2.18. The van der Waals surface area contributed by atoms with Crippen molar-refractivity contribution in [3.63, 3.8) is 0 Å². The zero-order valence-corrected chi connectivity index (χ0v) is 33.6. The van der Waals surface area contributed by atoms with E-state index in [9.17, 15) is 0 Å². The molecule has 0 aliphatic rings. The Morgan fingerprint density at radius 3 is 1.26 bits per heavy atom. The van der Waals surface area contributed by atoms with E-state index in [4.69, 9.17) is 15.0 Å². The van der Waals surface area contributed by atoms with Gasteiger partial charge in [0, 0.05) is 16.7 Å². The molecule has 0 atom stereocenters. The Hall–Kier alpha value is -8.01. The molecule has 10 aromatic carbocycles. The maximum absolute atomic E-state index is 5.28. The molecule has 1 heterocycles. The molecule has 0 fully saturated rings. The molecule has 61 heavy (non-hydrogen) atoms. The Balaban J connectivity index is 1.13. The monoisotopic (exact) mass is 777 g/mol. The lowest BCUT2D eigenvalue weighted by molar-refractivity contribution is 1.07. The highest BCUT2D eigenvalue weighted by Crippen LogP contribution is 2.41. The second-order valence-corrected chi connectivity index (χ2v) is 15.7. The van der Waals surface area contributed by atoms with E-state index >= 15 is 0 Å². The number of nitrogens with zero attached hydrogens (tertiary/aromatic N) is 3. The molecule has 286 valence electrons. The van der Waals surface area contributed by atoms with Crippen LogP contribution in [0.25, 0.3) is 111 Å². The van der Waals surface area contributed by atoms with Gasteiger partial charge in [-0.3, -0.25) is 0 Å². The van der Waals surface area contributed by atoms with Crippen LogP contribution in [-0.2, 0) is 0 Å². The summed E-state index contributed by atoms with van der Waals surface area (Å²) in [7, 11) is 0. The molecule has 0 saturated heterocycles. The molecule has 3 nitrogen and oxygen atoms in total. The molecule has 0 aliphatic heterocycles. The Kier molecular flexibility index (Phi) is 9.05. The lowest BCUT2D eigenvalue weighted by atomic mass is 9.89. The predicted octanol–water partition coefficient (Wildman–Crippen LogP) is 15.3. The molecule has 0 aliphatic carbocycles. The summed E-state index contributed by atoms with van der Waals surface area (Å²) in [6.45, 7) is 2.13. The van der Waals surface area contributed by atoms with Gasteiger partial charge in [-0.1, -0.05) is 200 Å². The second-order valence-electron chi connectivity index (χ2n) is 15.7. The van der Waals surface area contributed by atoms with Gasteiger partial charge in [-0.15, -0.1) is 0 Å². The van der Waals surface area contributed by atoms with Crippen molar-refractivity contribution in [2.75, 3.05) is 0 Å². The maximum atomic E-state index is 5.28. The lowest BCUT2D eigenvalue weighted by Gasteiger charge is -2.16. The zero-order chi connectivity index (χ0) is 40.7. The van der Waals surface area contributed by atoms with Crippen LogP contribution in [0.15, 0.2) is 218 Å². The largest absolute Gasteiger partial charge is 0.208 e. The standard InChI is InChI=1S/C58H39N3/c1-38-20-22-43(23-21-38)47-34-48(54-37-55-50-17-9-8-16-44(50)32-33-53(55)51-18-10-11-19-52(51)54)36-49(35-47)58-60-56(45-28-24-41(25-29-45)39-12-4-2-5-13-39)59-57(61-58)46-30-26-42(27-31-46)40-14-6-3-7-15-40/h2-37H,1H3. The summed E-state index contributed by atoms with van der Waals surface area (Å²) in [6, 6.07) is 77.8. The topological polar surface area (TPSA) is 38.7 Å². The van der Waals surface area contributed by atoms with E-state index < -0.39 is 0 Å². The van der Waals surface area contributed by atoms with Crippen molar-refractivity contribution in [2.24, 2.45) is 0 Å². The SMILES string of the molecule is Cc1ccc(-c2cc(-c3nc(-c4ccc(-c5ccccc5)cc4)nc(-c4ccc(-c5ccccc5)cc4)n3)cc(-c3cc4c5ccccc5ccc4c4ccccc34)c2)cc1. The minimum Gasteiger partial charge on any atom is -0.208 e. The van der Waals surface area contributed by atoms with E-state index in [1.54, 1.807) is 0 Å². The molecule has 1 aromatic heterocycles. The highest BCUT2D eigenvalue weighted by molar-refractivity contribution is 6.21. The fourth-order valence-electron chi connectivity index (χ4n) is 8.57. The normalized spacial score (nSPS) is 11.4. The average Bonchev–Trinajstić information content (AvgIpc) is 3.34. The first-order valence-corrected chi connectivity index (χ1v) is 20.8. The smallest absolute Gasteiger partial charge is 0.164 e. The molecular weight excluding hydrogens is 739 g/mol. The molecule has 3 heteroatoms. The maximum Gasteiger partial charge on any atom is 0.164 e. The Morgan fingerprint density at radius 1 is 0.246 bits per heavy atom. The lowest BCUT2D eigenvalue weighted by Crippen LogP contribution is -2.01. The first-order valence-electron chi connectivity index (χ1n) is 20.8. The van der Waals surface area contributed by atoms with E-state index in [0.717, 1.165) is 50.1 Å². The van der Waals surface area contributed by atoms with Crippen molar-refractivity contribution < 1.29 is 0 Å². The summed E-state index contributed by atoms with van der Waals surface area (Å²) in [4.78, 5) is 15.7. The van der Waals surface area contributed by atoms with Gasteiger partial charge in [0.05, 0.1) is 0 Å². The molecule has 0 saturated carbocycles. The van der Waals surface area contributed by atoms with Gasteiger partial charge in [-0.05, 0) is 108 Å². The van der Waals surface area contributed by atoms with Crippen molar-refractivity contribution >= 4 is 32.3 Å². The first kappa shape index (κ1) is 36.1. The molecule has 0 N–H and O–H groups in total. The molecule has 0 amide bonds. The fraction of sp³-hybridized carbons (Fsp3) is 0.0172. The van der Waals surface area contributed by atoms with Gasteiger partial charge < -0.3 is 0 Å². The molecule has 0 spiro atoms. The van der Waals surface area contributed by atoms with Gasteiger partial charge in [0.15, 0.2) is 17.5 Å². The molecule has 0 bridgehead atoms. The first-order chi connectivity index (χ1) is 30.1. The Bertz CT molecular complexity index is 3270. The number of aryl methyl sites for hydroxylation is 1. The number of aromatic nitrogens is 3. The molecule has 0 unspecified atom stereocenters. The van der Waals surface area contributed by atoms with Crippen LogP contribution in [0.3, 0.4) is 0 Å². The minimum atomic E-state index is 0.616. The number of rotatable bonds is 7. The van der Waals surface area contributed by atoms with E-state index in [1.165, 1.54) is 49.0 Å². The summed E-state index contributed by atoms with van der Waals surface area (Å²) in [6.07, 6.45) is 0. The molecular formula is C58H39N3. The summed E-state index contributed by atoms with van der Waals surface area (Å²) >= 11 is 0. The van der Waals surface area contributed by atoms with E-state index in [1.807, 2.05) is 12.1 Å². The number of hydrogen-bond donors (Lipinski definition) is 0. The minimum absolute atomic E-state index is 0.616. The van der Waals surface area contributed by atoms with Crippen LogP contribution >= 0.6 is 0 Å². The summed E-state index contributed by atoms with van der Waals surface area (Å²) in [5.41, 5.74) is 13.1. The van der Waals surface area contributed by atoms with Crippen LogP contribution in [0, 0.1) is 6.92 Å². The third kappa shape index (κ3) is 6.92. The molecule has 11 rings (SSSR count). The highest BCUT2D eigenvalue weighted by atomic mass is 15.0. The Morgan fingerprint density at radius 2 is 0.656 bits per heavy atom.